The number of hydrogen-bond acceptors (Lipinski definition) is 1. The van der Waals surface area contributed by atoms with E-state index in [1.165, 1.54) is 122 Å². The lowest BCUT2D eigenvalue weighted by molar-refractivity contribution is 0.793. The second kappa shape index (κ2) is 18.8. The van der Waals surface area contributed by atoms with E-state index < -0.39 is 5.41 Å². The van der Waals surface area contributed by atoms with Crippen LogP contribution in [0.15, 0.2) is 279 Å². The average molecular weight is 1010 g/mol. The van der Waals surface area contributed by atoms with Gasteiger partial charge in [-0.1, -0.05) is 226 Å². The summed E-state index contributed by atoms with van der Waals surface area (Å²) in [5.41, 5.74) is 29.2. The number of fused-ring (bicyclic) bond motifs is 13. The first-order valence-corrected chi connectivity index (χ1v) is 27.9. The summed E-state index contributed by atoms with van der Waals surface area (Å²) in [5, 5.41) is 2.65. The summed E-state index contributed by atoms with van der Waals surface area (Å²) in [6.07, 6.45) is 2.04. The SMILES string of the molecule is CCc1ccc2c(c1)c1cc(CC)ccc1n2-c1ccc(-c2ccc(-c3ccc(N(c4ccc5c(c4)C4(c6ccccc6-c6ccccc64)c4ccccc4-5)c4ccccc4-c4ccccc4-c4ccccc4)cc3)cc2)cc1. The first-order valence-electron chi connectivity index (χ1n) is 27.9. The van der Waals surface area contributed by atoms with Crippen LogP contribution in [0.3, 0.4) is 0 Å². The van der Waals surface area contributed by atoms with Gasteiger partial charge in [-0.25, -0.2) is 0 Å². The van der Waals surface area contributed by atoms with E-state index >= 15 is 0 Å². The van der Waals surface area contributed by atoms with Crippen molar-refractivity contribution in [3.05, 3.63) is 312 Å². The van der Waals surface area contributed by atoms with Crippen molar-refractivity contribution in [3.8, 4) is 72.4 Å². The molecule has 374 valence electrons. The van der Waals surface area contributed by atoms with Gasteiger partial charge < -0.3 is 9.47 Å². The molecule has 12 aromatic carbocycles. The first-order chi connectivity index (χ1) is 39.1. The molecule has 1 heterocycles. The minimum absolute atomic E-state index is 0.470. The van der Waals surface area contributed by atoms with Gasteiger partial charge in [0.2, 0.25) is 0 Å². The fourth-order valence-electron chi connectivity index (χ4n) is 13.4. The van der Waals surface area contributed by atoms with Crippen LogP contribution in [0.25, 0.3) is 94.3 Å². The molecule has 1 aromatic heterocycles. The molecule has 0 aliphatic heterocycles. The molecule has 0 amide bonds. The van der Waals surface area contributed by atoms with Crippen LogP contribution in [-0.4, -0.2) is 4.57 Å². The van der Waals surface area contributed by atoms with Gasteiger partial charge in [0.15, 0.2) is 0 Å². The van der Waals surface area contributed by atoms with Crippen LogP contribution in [0.2, 0.25) is 0 Å². The third-order valence-corrected chi connectivity index (χ3v) is 17.2. The molecule has 0 N–H and O–H groups in total. The Morgan fingerprint density at radius 2 is 0.722 bits per heavy atom. The lowest BCUT2D eigenvalue weighted by Gasteiger charge is -2.33. The molecule has 0 bridgehead atoms. The number of anilines is 3. The van der Waals surface area contributed by atoms with E-state index in [1.807, 2.05) is 0 Å². The van der Waals surface area contributed by atoms with Gasteiger partial charge in [0.25, 0.3) is 0 Å². The minimum atomic E-state index is -0.470. The molecular formula is C77H56N2. The molecule has 0 unspecified atom stereocenters. The van der Waals surface area contributed by atoms with Crippen molar-refractivity contribution in [2.45, 2.75) is 32.1 Å². The Balaban J connectivity index is 0.823. The van der Waals surface area contributed by atoms with Crippen molar-refractivity contribution < 1.29 is 0 Å². The van der Waals surface area contributed by atoms with E-state index in [-0.39, 0.29) is 0 Å². The number of aromatic nitrogens is 1. The molecule has 15 rings (SSSR count). The highest BCUT2D eigenvalue weighted by Crippen LogP contribution is 2.63. The number of para-hydroxylation sites is 1. The van der Waals surface area contributed by atoms with Gasteiger partial charge in [-0.3, -0.25) is 0 Å². The fraction of sp³-hybridized carbons (Fsp3) is 0.0649. The quantitative estimate of drug-likeness (QED) is 0.133. The number of rotatable bonds is 10. The topological polar surface area (TPSA) is 8.17 Å². The van der Waals surface area contributed by atoms with Gasteiger partial charge in [0.05, 0.1) is 22.1 Å². The van der Waals surface area contributed by atoms with E-state index in [0.717, 1.165) is 35.5 Å². The predicted octanol–water partition coefficient (Wildman–Crippen LogP) is 20.4. The Kier molecular flexibility index (Phi) is 11.1. The summed E-state index contributed by atoms with van der Waals surface area (Å²) in [5.74, 6) is 0. The number of nitrogens with zero attached hydrogens (tertiary/aromatic N) is 2. The summed E-state index contributed by atoms with van der Waals surface area (Å²) in [6, 6.07) is 104. The van der Waals surface area contributed by atoms with E-state index in [4.69, 9.17) is 0 Å². The zero-order chi connectivity index (χ0) is 52.6. The molecule has 2 heteroatoms. The van der Waals surface area contributed by atoms with Crippen molar-refractivity contribution in [1.29, 1.82) is 0 Å². The molecule has 2 aliphatic rings. The minimum Gasteiger partial charge on any atom is -0.310 e. The Labute approximate surface area is 462 Å². The lowest BCUT2D eigenvalue weighted by Crippen LogP contribution is -2.26. The second-order valence-electron chi connectivity index (χ2n) is 21.3. The second-order valence-corrected chi connectivity index (χ2v) is 21.3. The van der Waals surface area contributed by atoms with Crippen molar-refractivity contribution in [2.24, 2.45) is 0 Å². The Hall–Kier alpha value is -9.76. The molecule has 0 radical (unpaired) electrons. The van der Waals surface area contributed by atoms with Gasteiger partial charge >= 0.3 is 0 Å². The average Bonchev–Trinajstić information content (AvgIpc) is 2.95. The summed E-state index contributed by atoms with van der Waals surface area (Å²) >= 11 is 0. The maximum absolute atomic E-state index is 2.50. The van der Waals surface area contributed by atoms with Gasteiger partial charge in [-0.2, -0.15) is 0 Å². The lowest BCUT2D eigenvalue weighted by atomic mass is 9.70. The van der Waals surface area contributed by atoms with Gasteiger partial charge in [-0.15, -0.1) is 0 Å². The summed E-state index contributed by atoms with van der Waals surface area (Å²) in [7, 11) is 0. The molecule has 79 heavy (non-hydrogen) atoms. The van der Waals surface area contributed by atoms with Crippen molar-refractivity contribution >= 4 is 38.9 Å². The standard InChI is InChI=1S/C77H56N2/c1-3-51-30-46-75-68(48-51)69-49-52(4-2)31-47-76(69)79(75)59-42-38-56(39-43-59)54-34-32-53(33-35-54)55-36-40-58(41-37-55)78(74-29-17-13-25-67(74)62-21-9-8-20-61(62)57-18-6-5-7-19-57)60-44-45-66-65-24-12-16-28-72(65)77(73(66)50-60)70-26-14-10-22-63(70)64-23-11-15-27-71(64)77/h5-50H,3-4H2,1-2H3. The van der Waals surface area contributed by atoms with Crippen molar-refractivity contribution in [1.82, 2.24) is 4.57 Å². The molecule has 1 spiro atoms. The van der Waals surface area contributed by atoms with Gasteiger partial charge in [0, 0.05) is 33.4 Å². The highest BCUT2D eigenvalue weighted by Gasteiger charge is 2.51. The largest absolute Gasteiger partial charge is 0.310 e. The highest BCUT2D eigenvalue weighted by atomic mass is 15.1. The van der Waals surface area contributed by atoms with Crippen LogP contribution in [0, 0.1) is 0 Å². The third-order valence-electron chi connectivity index (χ3n) is 17.2. The number of aryl methyl sites for hydroxylation is 2. The van der Waals surface area contributed by atoms with E-state index in [0.29, 0.717) is 0 Å². The zero-order valence-corrected chi connectivity index (χ0v) is 44.4. The molecule has 0 fully saturated rings. The Bertz CT molecular complexity index is 4360. The van der Waals surface area contributed by atoms with Crippen LogP contribution in [-0.2, 0) is 18.3 Å². The molecular weight excluding hydrogens is 953 g/mol. The van der Waals surface area contributed by atoms with E-state index in [9.17, 15) is 0 Å². The Morgan fingerprint density at radius 3 is 1.25 bits per heavy atom. The summed E-state index contributed by atoms with van der Waals surface area (Å²) in [6.45, 7) is 4.47. The number of benzene rings is 12. The van der Waals surface area contributed by atoms with Crippen LogP contribution < -0.4 is 4.90 Å². The maximum Gasteiger partial charge on any atom is 0.0726 e. The van der Waals surface area contributed by atoms with Crippen molar-refractivity contribution in [2.75, 3.05) is 4.90 Å². The van der Waals surface area contributed by atoms with Crippen LogP contribution >= 0.6 is 0 Å². The molecule has 0 saturated heterocycles. The van der Waals surface area contributed by atoms with Crippen LogP contribution in [0.4, 0.5) is 17.1 Å². The van der Waals surface area contributed by atoms with Gasteiger partial charge in [-0.05, 0) is 174 Å². The maximum atomic E-state index is 2.50. The van der Waals surface area contributed by atoms with E-state index in [2.05, 4.69) is 302 Å². The Morgan fingerprint density at radius 1 is 0.304 bits per heavy atom. The molecule has 0 atom stereocenters. The zero-order valence-electron chi connectivity index (χ0n) is 44.4. The normalized spacial score (nSPS) is 12.6. The van der Waals surface area contributed by atoms with Crippen molar-refractivity contribution in [3.63, 3.8) is 0 Å². The first kappa shape index (κ1) is 46.5. The highest BCUT2D eigenvalue weighted by molar-refractivity contribution is 6.10. The van der Waals surface area contributed by atoms with E-state index in [1.54, 1.807) is 0 Å². The monoisotopic (exact) mass is 1010 g/mol. The molecule has 2 nitrogen and oxygen atoms in total. The smallest absolute Gasteiger partial charge is 0.0726 e. The van der Waals surface area contributed by atoms with Crippen LogP contribution in [0.5, 0.6) is 0 Å². The molecule has 0 saturated carbocycles. The van der Waals surface area contributed by atoms with Crippen LogP contribution in [0.1, 0.15) is 47.2 Å². The van der Waals surface area contributed by atoms with Gasteiger partial charge in [0.1, 0.15) is 0 Å². The number of hydrogen-bond donors (Lipinski definition) is 0. The third kappa shape index (κ3) is 7.32. The molecule has 2 aliphatic carbocycles. The molecule has 13 aromatic rings. The summed E-state index contributed by atoms with van der Waals surface area (Å²) in [4.78, 5) is 2.49. The fourth-order valence-corrected chi connectivity index (χ4v) is 13.4. The summed E-state index contributed by atoms with van der Waals surface area (Å²) < 4.78 is 2.43. The predicted molar refractivity (Wildman–Crippen MR) is 332 cm³/mol.